The third kappa shape index (κ3) is 4.29. The maximum atomic E-state index is 12.9. The smallest absolute Gasteiger partial charge is 0.343 e. The maximum Gasteiger partial charge on any atom is 0.343 e. The number of ether oxygens (including phenoxy) is 2. The molecule has 8 heteroatoms. The van der Waals surface area contributed by atoms with E-state index >= 15 is 0 Å². The van der Waals surface area contributed by atoms with Gasteiger partial charge in [0.1, 0.15) is 5.75 Å². The molecular formula is C19H22N2O5S. The fourth-order valence-electron chi connectivity index (χ4n) is 3.10. The number of carbonyl (C=O) groups is 1. The van der Waals surface area contributed by atoms with Crippen LogP contribution in [-0.4, -0.2) is 51.5 Å². The van der Waals surface area contributed by atoms with Crippen molar-refractivity contribution in [2.24, 2.45) is 5.73 Å². The van der Waals surface area contributed by atoms with Crippen LogP contribution in [0.4, 0.5) is 0 Å². The van der Waals surface area contributed by atoms with E-state index in [9.17, 15) is 13.2 Å². The average Bonchev–Trinajstić information content (AvgIpc) is 3.09. The van der Waals surface area contributed by atoms with E-state index in [1.807, 2.05) is 30.3 Å². The van der Waals surface area contributed by atoms with Gasteiger partial charge in [-0.05, 0) is 29.8 Å². The number of carbonyl (C=O) groups excluding carboxylic acids is 1. The van der Waals surface area contributed by atoms with Gasteiger partial charge >= 0.3 is 5.97 Å². The summed E-state index contributed by atoms with van der Waals surface area (Å²) in [5.74, 6) is -0.159. The highest BCUT2D eigenvalue weighted by atomic mass is 32.2. The van der Waals surface area contributed by atoms with E-state index in [-0.39, 0.29) is 30.0 Å². The standard InChI is InChI=1S/C19H22N2O5S/c1-25-19(22)13-26-15-7-9-16(10-8-15)27(23,24)21-11-17(18(20)12-21)14-5-3-2-4-6-14/h2-10,17-18H,11-13,20H2,1H3/t17-,18+/m0/s1. The highest BCUT2D eigenvalue weighted by Crippen LogP contribution is 2.30. The first-order valence-corrected chi connectivity index (χ1v) is 9.96. The van der Waals surface area contributed by atoms with E-state index < -0.39 is 16.0 Å². The van der Waals surface area contributed by atoms with E-state index in [2.05, 4.69) is 4.74 Å². The van der Waals surface area contributed by atoms with Gasteiger partial charge in [-0.25, -0.2) is 13.2 Å². The van der Waals surface area contributed by atoms with Crippen LogP contribution in [0.3, 0.4) is 0 Å². The molecule has 0 bridgehead atoms. The molecule has 2 atom stereocenters. The third-order valence-electron chi connectivity index (χ3n) is 4.61. The number of nitrogens with two attached hydrogens (primary N) is 1. The van der Waals surface area contributed by atoms with Crippen molar-refractivity contribution in [1.29, 1.82) is 0 Å². The molecule has 2 N–H and O–H groups in total. The first-order chi connectivity index (χ1) is 12.9. The van der Waals surface area contributed by atoms with Crippen molar-refractivity contribution >= 4 is 16.0 Å². The summed E-state index contributed by atoms with van der Waals surface area (Å²) >= 11 is 0. The Morgan fingerprint density at radius 2 is 1.78 bits per heavy atom. The number of esters is 1. The summed E-state index contributed by atoms with van der Waals surface area (Å²) in [6, 6.07) is 15.4. The van der Waals surface area contributed by atoms with Crippen LogP contribution in [0.2, 0.25) is 0 Å². The second-order valence-electron chi connectivity index (χ2n) is 6.34. The Bertz CT molecular complexity index is 884. The maximum absolute atomic E-state index is 12.9. The molecule has 2 aromatic rings. The van der Waals surface area contributed by atoms with Gasteiger partial charge in [0.2, 0.25) is 10.0 Å². The summed E-state index contributed by atoms with van der Waals surface area (Å²) in [7, 11) is -2.39. The summed E-state index contributed by atoms with van der Waals surface area (Å²) in [5, 5.41) is 0. The summed E-state index contributed by atoms with van der Waals surface area (Å²) in [5.41, 5.74) is 7.25. The van der Waals surface area contributed by atoms with Gasteiger partial charge in [0.15, 0.2) is 6.61 Å². The Hall–Kier alpha value is -2.42. The molecule has 0 aliphatic carbocycles. The van der Waals surface area contributed by atoms with Crippen LogP contribution in [0.25, 0.3) is 0 Å². The molecule has 1 aliphatic heterocycles. The third-order valence-corrected chi connectivity index (χ3v) is 6.45. The molecule has 7 nitrogen and oxygen atoms in total. The van der Waals surface area contributed by atoms with Gasteiger partial charge in [-0.2, -0.15) is 4.31 Å². The summed E-state index contributed by atoms with van der Waals surface area (Å²) in [6.07, 6.45) is 0. The number of methoxy groups -OCH3 is 1. The number of hydrogen-bond donors (Lipinski definition) is 1. The fraction of sp³-hybridized carbons (Fsp3) is 0.316. The van der Waals surface area contributed by atoms with Gasteiger partial charge in [-0.3, -0.25) is 0 Å². The summed E-state index contributed by atoms with van der Waals surface area (Å²) in [4.78, 5) is 11.3. The average molecular weight is 390 g/mol. The molecule has 144 valence electrons. The van der Waals surface area contributed by atoms with Crippen molar-refractivity contribution < 1.29 is 22.7 Å². The molecule has 0 unspecified atom stereocenters. The molecule has 0 amide bonds. The molecule has 27 heavy (non-hydrogen) atoms. The number of nitrogens with zero attached hydrogens (tertiary/aromatic N) is 1. The second-order valence-corrected chi connectivity index (χ2v) is 8.28. The number of sulfonamides is 1. The minimum atomic E-state index is -3.66. The van der Waals surface area contributed by atoms with E-state index in [4.69, 9.17) is 10.5 Å². The Kier molecular flexibility index (Phi) is 5.79. The molecule has 1 heterocycles. The predicted molar refractivity (Wildman–Crippen MR) is 99.9 cm³/mol. The lowest BCUT2D eigenvalue weighted by atomic mass is 9.95. The minimum absolute atomic E-state index is 0.0383. The molecule has 0 aromatic heterocycles. The summed E-state index contributed by atoms with van der Waals surface area (Å²) in [6.45, 7) is 0.374. The van der Waals surface area contributed by atoms with E-state index in [0.717, 1.165) is 5.56 Å². The first kappa shape index (κ1) is 19.3. The van der Waals surface area contributed by atoms with Gasteiger partial charge < -0.3 is 15.2 Å². The molecule has 1 fully saturated rings. The highest BCUT2D eigenvalue weighted by Gasteiger charge is 2.38. The lowest BCUT2D eigenvalue weighted by molar-refractivity contribution is -0.142. The Morgan fingerprint density at radius 3 is 2.41 bits per heavy atom. The van der Waals surface area contributed by atoms with Crippen molar-refractivity contribution in [3.63, 3.8) is 0 Å². The highest BCUT2D eigenvalue weighted by molar-refractivity contribution is 7.89. The van der Waals surface area contributed by atoms with Crippen molar-refractivity contribution in [1.82, 2.24) is 4.31 Å². The molecular weight excluding hydrogens is 368 g/mol. The van der Waals surface area contributed by atoms with Crippen molar-refractivity contribution in [2.75, 3.05) is 26.8 Å². The molecule has 0 saturated carbocycles. The lowest BCUT2D eigenvalue weighted by Crippen LogP contribution is -2.32. The van der Waals surface area contributed by atoms with Crippen molar-refractivity contribution in [3.8, 4) is 5.75 Å². The lowest BCUT2D eigenvalue weighted by Gasteiger charge is -2.17. The van der Waals surface area contributed by atoms with Crippen LogP contribution in [0.5, 0.6) is 5.75 Å². The number of rotatable bonds is 6. The Balaban J connectivity index is 1.72. The van der Waals surface area contributed by atoms with E-state index in [1.54, 1.807) is 0 Å². The van der Waals surface area contributed by atoms with Gasteiger partial charge in [-0.1, -0.05) is 30.3 Å². The zero-order valence-electron chi connectivity index (χ0n) is 14.9. The molecule has 0 radical (unpaired) electrons. The van der Waals surface area contributed by atoms with E-state index in [1.165, 1.54) is 35.7 Å². The first-order valence-electron chi connectivity index (χ1n) is 8.52. The second kappa shape index (κ2) is 8.08. The van der Waals surface area contributed by atoms with Gasteiger partial charge in [0.25, 0.3) is 0 Å². The van der Waals surface area contributed by atoms with Crippen LogP contribution < -0.4 is 10.5 Å². The summed E-state index contributed by atoms with van der Waals surface area (Å²) < 4.78 is 37.0. The topological polar surface area (TPSA) is 98.9 Å². The van der Waals surface area contributed by atoms with E-state index in [0.29, 0.717) is 12.3 Å². The van der Waals surface area contributed by atoms with Crippen LogP contribution in [0, 0.1) is 0 Å². The van der Waals surface area contributed by atoms with Crippen LogP contribution >= 0.6 is 0 Å². The van der Waals surface area contributed by atoms with Crippen LogP contribution in [-0.2, 0) is 19.6 Å². The van der Waals surface area contributed by atoms with Crippen molar-refractivity contribution in [3.05, 3.63) is 60.2 Å². The molecule has 2 aromatic carbocycles. The minimum Gasteiger partial charge on any atom is -0.482 e. The quantitative estimate of drug-likeness (QED) is 0.748. The Labute approximate surface area is 158 Å². The molecule has 0 spiro atoms. The normalized spacial score (nSPS) is 20.4. The monoisotopic (exact) mass is 390 g/mol. The largest absolute Gasteiger partial charge is 0.482 e. The van der Waals surface area contributed by atoms with Crippen LogP contribution in [0.15, 0.2) is 59.5 Å². The predicted octanol–water partition coefficient (Wildman–Crippen LogP) is 1.35. The zero-order chi connectivity index (χ0) is 19.4. The van der Waals surface area contributed by atoms with Gasteiger partial charge in [-0.15, -0.1) is 0 Å². The SMILES string of the molecule is COC(=O)COc1ccc(S(=O)(=O)N2C[C@@H](N)[C@H](c3ccccc3)C2)cc1. The molecule has 3 rings (SSSR count). The van der Waals surface area contributed by atoms with Crippen LogP contribution in [0.1, 0.15) is 11.5 Å². The van der Waals surface area contributed by atoms with Gasteiger partial charge in [0, 0.05) is 25.0 Å². The number of hydrogen-bond acceptors (Lipinski definition) is 6. The Morgan fingerprint density at radius 1 is 1.11 bits per heavy atom. The molecule has 1 aliphatic rings. The van der Waals surface area contributed by atoms with Gasteiger partial charge in [0.05, 0.1) is 12.0 Å². The fourth-order valence-corrected chi connectivity index (χ4v) is 4.60. The number of benzene rings is 2. The molecule has 1 saturated heterocycles. The van der Waals surface area contributed by atoms with Crippen molar-refractivity contribution in [2.45, 2.75) is 16.9 Å². The zero-order valence-corrected chi connectivity index (χ0v) is 15.8.